The first-order valence-electron chi connectivity index (χ1n) is 7.29. The van der Waals surface area contributed by atoms with Crippen LogP contribution in [0.15, 0.2) is 18.2 Å². The van der Waals surface area contributed by atoms with Gasteiger partial charge in [0.25, 0.3) is 5.91 Å². The Kier molecular flexibility index (Phi) is 5.03. The van der Waals surface area contributed by atoms with Crippen LogP contribution in [0.25, 0.3) is 0 Å². The van der Waals surface area contributed by atoms with Crippen molar-refractivity contribution in [3.8, 4) is 0 Å². The van der Waals surface area contributed by atoms with Gasteiger partial charge in [-0.25, -0.2) is 0 Å². The molecule has 2 rings (SSSR count). The fraction of sp³-hybridized carbons (Fsp3) is 0.467. The van der Waals surface area contributed by atoms with Gasteiger partial charge >= 0.3 is 0 Å². The van der Waals surface area contributed by atoms with Gasteiger partial charge in [-0.1, -0.05) is 0 Å². The van der Waals surface area contributed by atoms with Crippen molar-refractivity contribution < 1.29 is 9.59 Å². The highest BCUT2D eigenvalue weighted by molar-refractivity contribution is 5.99. The molecule has 0 spiro atoms. The molecule has 0 unspecified atom stereocenters. The molecule has 1 heterocycles. The quantitative estimate of drug-likeness (QED) is 0.709. The average molecular weight is 290 g/mol. The maximum atomic E-state index is 12.0. The molecule has 21 heavy (non-hydrogen) atoms. The van der Waals surface area contributed by atoms with Gasteiger partial charge < -0.3 is 21.7 Å². The zero-order valence-corrected chi connectivity index (χ0v) is 12.1. The van der Waals surface area contributed by atoms with Crippen LogP contribution < -0.4 is 16.8 Å². The highest BCUT2D eigenvalue weighted by Gasteiger charge is 2.16. The van der Waals surface area contributed by atoms with Crippen LogP contribution in [-0.4, -0.2) is 36.3 Å². The lowest BCUT2D eigenvalue weighted by molar-refractivity contribution is -0.131. The first-order chi connectivity index (χ1) is 10.1. The molecular formula is C15H22N4O2. The van der Waals surface area contributed by atoms with E-state index in [0.29, 0.717) is 29.9 Å². The zero-order chi connectivity index (χ0) is 15.2. The van der Waals surface area contributed by atoms with Crippen molar-refractivity contribution >= 4 is 23.2 Å². The molecule has 1 aliphatic rings. The van der Waals surface area contributed by atoms with Gasteiger partial charge in [-0.05, 0) is 37.5 Å². The number of carbonyl (C=O) groups excluding carboxylic acids is 2. The van der Waals surface area contributed by atoms with Crippen molar-refractivity contribution in [2.45, 2.75) is 25.7 Å². The van der Waals surface area contributed by atoms with E-state index in [4.69, 9.17) is 11.5 Å². The summed E-state index contributed by atoms with van der Waals surface area (Å²) in [5, 5.41) is 3.09. The summed E-state index contributed by atoms with van der Waals surface area (Å²) >= 11 is 0. The number of rotatable bonds is 5. The summed E-state index contributed by atoms with van der Waals surface area (Å²) in [6.07, 6.45) is 3.78. The van der Waals surface area contributed by atoms with Crippen LogP contribution >= 0.6 is 0 Å². The Morgan fingerprint density at radius 1 is 1.19 bits per heavy atom. The van der Waals surface area contributed by atoms with Gasteiger partial charge in [0.2, 0.25) is 5.91 Å². The lowest BCUT2D eigenvalue weighted by atomic mass is 10.1. The number of likely N-dealkylation sites (tertiary alicyclic amines) is 1. The van der Waals surface area contributed by atoms with Crippen molar-refractivity contribution in [3.05, 3.63) is 23.8 Å². The number of nitrogens with zero attached hydrogens (tertiary/aromatic N) is 1. The number of nitrogen functional groups attached to an aromatic ring is 1. The van der Waals surface area contributed by atoms with Crippen molar-refractivity contribution in [1.82, 2.24) is 4.90 Å². The topological polar surface area (TPSA) is 101 Å². The van der Waals surface area contributed by atoms with E-state index in [1.807, 2.05) is 4.90 Å². The van der Waals surface area contributed by atoms with E-state index in [9.17, 15) is 9.59 Å². The molecule has 1 fully saturated rings. The van der Waals surface area contributed by atoms with E-state index in [0.717, 1.165) is 25.9 Å². The van der Waals surface area contributed by atoms with E-state index < -0.39 is 5.91 Å². The summed E-state index contributed by atoms with van der Waals surface area (Å²) in [6.45, 7) is 2.18. The van der Waals surface area contributed by atoms with Crippen molar-refractivity contribution in [2.24, 2.45) is 5.73 Å². The molecule has 114 valence electrons. The molecule has 0 bridgehead atoms. The largest absolute Gasteiger partial charge is 0.399 e. The van der Waals surface area contributed by atoms with Crippen LogP contribution in [0.2, 0.25) is 0 Å². The second-order valence-corrected chi connectivity index (χ2v) is 5.29. The smallest absolute Gasteiger partial charge is 0.250 e. The Labute approximate surface area is 124 Å². The van der Waals surface area contributed by atoms with Gasteiger partial charge in [-0.2, -0.15) is 0 Å². The van der Waals surface area contributed by atoms with Gasteiger partial charge in [-0.15, -0.1) is 0 Å². The van der Waals surface area contributed by atoms with E-state index in [-0.39, 0.29) is 5.91 Å². The number of hydrogen-bond acceptors (Lipinski definition) is 4. The third-order valence-corrected chi connectivity index (χ3v) is 3.67. The molecule has 6 heteroatoms. The molecule has 1 aromatic rings. The Morgan fingerprint density at radius 2 is 1.90 bits per heavy atom. The molecule has 6 nitrogen and oxygen atoms in total. The summed E-state index contributed by atoms with van der Waals surface area (Å²) in [4.78, 5) is 25.3. The SMILES string of the molecule is NC(=O)c1cc(N)ccc1NCCC(=O)N1CCCCC1. The van der Waals surface area contributed by atoms with Gasteiger partial charge in [0.1, 0.15) is 0 Å². The second kappa shape index (κ2) is 6.97. The molecule has 0 aromatic heterocycles. The molecule has 0 saturated carbocycles. The summed E-state index contributed by atoms with van der Waals surface area (Å²) in [6, 6.07) is 4.94. The number of anilines is 2. The Hall–Kier alpha value is -2.24. The van der Waals surface area contributed by atoms with Crippen LogP contribution in [0.1, 0.15) is 36.0 Å². The first kappa shape index (κ1) is 15.2. The summed E-state index contributed by atoms with van der Waals surface area (Å²) in [7, 11) is 0. The van der Waals surface area contributed by atoms with Gasteiger partial charge in [-0.3, -0.25) is 9.59 Å². The monoisotopic (exact) mass is 290 g/mol. The highest BCUT2D eigenvalue weighted by Crippen LogP contribution is 2.18. The molecular weight excluding hydrogens is 268 g/mol. The lowest BCUT2D eigenvalue weighted by Gasteiger charge is -2.26. The summed E-state index contributed by atoms with van der Waals surface area (Å²) < 4.78 is 0. The van der Waals surface area contributed by atoms with E-state index in [1.165, 1.54) is 12.5 Å². The predicted molar refractivity (Wildman–Crippen MR) is 82.9 cm³/mol. The molecule has 0 atom stereocenters. The maximum Gasteiger partial charge on any atom is 0.250 e. The molecule has 5 N–H and O–H groups in total. The average Bonchev–Trinajstić information content (AvgIpc) is 2.49. The van der Waals surface area contributed by atoms with Gasteiger partial charge in [0.05, 0.1) is 5.56 Å². The van der Waals surface area contributed by atoms with Crippen molar-refractivity contribution in [2.75, 3.05) is 30.7 Å². The first-order valence-corrected chi connectivity index (χ1v) is 7.29. The Bertz CT molecular complexity index is 524. The van der Waals surface area contributed by atoms with Crippen molar-refractivity contribution in [1.29, 1.82) is 0 Å². The van der Waals surface area contributed by atoms with Crippen LogP contribution in [0, 0.1) is 0 Å². The minimum absolute atomic E-state index is 0.151. The zero-order valence-electron chi connectivity index (χ0n) is 12.1. The molecule has 1 aliphatic heterocycles. The van der Waals surface area contributed by atoms with Crippen LogP contribution in [0.3, 0.4) is 0 Å². The highest BCUT2D eigenvalue weighted by atomic mass is 16.2. The minimum Gasteiger partial charge on any atom is -0.399 e. The van der Waals surface area contributed by atoms with Gasteiger partial charge in [0.15, 0.2) is 0 Å². The fourth-order valence-electron chi connectivity index (χ4n) is 2.53. The number of piperidine rings is 1. The van der Waals surface area contributed by atoms with Crippen LogP contribution in [0.4, 0.5) is 11.4 Å². The number of primary amides is 1. The normalized spacial score (nSPS) is 14.8. The number of amides is 2. The second-order valence-electron chi connectivity index (χ2n) is 5.29. The molecule has 1 saturated heterocycles. The third kappa shape index (κ3) is 4.11. The van der Waals surface area contributed by atoms with E-state index in [1.54, 1.807) is 12.1 Å². The van der Waals surface area contributed by atoms with Crippen molar-refractivity contribution in [3.63, 3.8) is 0 Å². The maximum absolute atomic E-state index is 12.0. The van der Waals surface area contributed by atoms with E-state index >= 15 is 0 Å². The van der Waals surface area contributed by atoms with E-state index in [2.05, 4.69) is 5.32 Å². The number of hydrogen-bond donors (Lipinski definition) is 3. The number of carbonyl (C=O) groups is 2. The number of benzene rings is 1. The number of nitrogens with one attached hydrogen (secondary N) is 1. The molecule has 0 radical (unpaired) electrons. The standard InChI is InChI=1S/C15H22N4O2/c16-11-4-5-13(12(10-11)15(17)21)18-7-6-14(20)19-8-2-1-3-9-19/h4-5,10,18H,1-3,6-9,16H2,(H2,17,21). The molecule has 2 amide bonds. The van der Waals surface area contributed by atoms with Gasteiger partial charge in [0, 0.05) is 37.4 Å². The predicted octanol–water partition coefficient (Wildman–Crippen LogP) is 1.18. The third-order valence-electron chi connectivity index (χ3n) is 3.67. The summed E-state index contributed by atoms with van der Waals surface area (Å²) in [5.41, 5.74) is 12.4. The molecule has 1 aromatic carbocycles. The van der Waals surface area contributed by atoms with Crippen LogP contribution in [-0.2, 0) is 4.79 Å². The fourth-order valence-corrected chi connectivity index (χ4v) is 2.53. The Balaban J connectivity index is 1.88. The van der Waals surface area contributed by atoms with Crippen LogP contribution in [0.5, 0.6) is 0 Å². The minimum atomic E-state index is -0.535. The lowest BCUT2D eigenvalue weighted by Crippen LogP contribution is -2.36. The Morgan fingerprint density at radius 3 is 2.57 bits per heavy atom. The molecule has 0 aliphatic carbocycles. The summed E-state index contributed by atoms with van der Waals surface area (Å²) in [5.74, 6) is -0.384. The number of nitrogens with two attached hydrogens (primary N) is 2.